The van der Waals surface area contributed by atoms with Gasteiger partial charge in [0.2, 0.25) is 5.78 Å². The molecule has 1 aliphatic rings. The molecule has 0 radical (unpaired) electrons. The zero-order valence-corrected chi connectivity index (χ0v) is 14.9. The molecule has 5 nitrogen and oxygen atoms in total. The maximum atomic E-state index is 12.1. The van der Waals surface area contributed by atoms with Crippen LogP contribution in [-0.2, 0) is 14.4 Å². The molecule has 0 heterocycles. The van der Waals surface area contributed by atoms with Gasteiger partial charge in [-0.2, -0.15) is 0 Å². The van der Waals surface area contributed by atoms with Gasteiger partial charge in [0.25, 0.3) is 0 Å². The van der Waals surface area contributed by atoms with Crippen LogP contribution in [0.15, 0.2) is 12.2 Å². The second kappa shape index (κ2) is 11.6. The van der Waals surface area contributed by atoms with Crippen molar-refractivity contribution in [1.82, 2.24) is 0 Å². The van der Waals surface area contributed by atoms with Gasteiger partial charge in [-0.05, 0) is 43.9 Å². The summed E-state index contributed by atoms with van der Waals surface area (Å²) in [4.78, 5) is 34.3. The second-order valence-corrected chi connectivity index (χ2v) is 6.51. The van der Waals surface area contributed by atoms with Gasteiger partial charge < -0.3 is 10.2 Å². The van der Waals surface area contributed by atoms with Gasteiger partial charge in [0.1, 0.15) is 5.78 Å². The SMILES string of the molecule is CCCC#CC(=O)CC[C@H]1[C@H](O)CC(=O)[C@@H]1CC=CCCCC(=O)O. The fraction of sp³-hybridized carbons (Fsp3) is 0.650. The molecule has 0 aromatic carbocycles. The zero-order valence-electron chi connectivity index (χ0n) is 14.9. The number of hydrogen-bond donors (Lipinski definition) is 2. The van der Waals surface area contributed by atoms with Gasteiger partial charge in [0, 0.05) is 31.6 Å². The Morgan fingerprint density at radius 1 is 1.28 bits per heavy atom. The number of unbranched alkanes of at least 4 members (excludes halogenated alkanes) is 2. The number of aliphatic hydroxyl groups is 1. The maximum Gasteiger partial charge on any atom is 0.303 e. The highest BCUT2D eigenvalue weighted by atomic mass is 16.4. The first-order chi connectivity index (χ1) is 12.0. The number of carbonyl (C=O) groups excluding carboxylic acids is 2. The predicted molar refractivity (Wildman–Crippen MR) is 94.8 cm³/mol. The van der Waals surface area contributed by atoms with Crippen molar-refractivity contribution in [1.29, 1.82) is 0 Å². The average molecular weight is 348 g/mol. The molecule has 0 amide bonds. The third-order valence-electron chi connectivity index (χ3n) is 4.46. The van der Waals surface area contributed by atoms with Crippen LogP contribution in [0.3, 0.4) is 0 Å². The maximum absolute atomic E-state index is 12.1. The minimum absolute atomic E-state index is 0.0391. The van der Waals surface area contributed by atoms with Crippen LogP contribution in [-0.4, -0.2) is 33.9 Å². The molecule has 0 unspecified atom stereocenters. The molecule has 1 fully saturated rings. The molecule has 0 spiro atoms. The molecule has 138 valence electrons. The Morgan fingerprint density at radius 2 is 2.04 bits per heavy atom. The Labute approximate surface area is 149 Å². The van der Waals surface area contributed by atoms with Gasteiger partial charge in [0.15, 0.2) is 0 Å². The van der Waals surface area contributed by atoms with E-state index in [0.29, 0.717) is 32.1 Å². The third-order valence-corrected chi connectivity index (χ3v) is 4.46. The summed E-state index contributed by atoms with van der Waals surface area (Å²) >= 11 is 0. The van der Waals surface area contributed by atoms with E-state index < -0.39 is 12.1 Å². The van der Waals surface area contributed by atoms with Gasteiger partial charge in [0.05, 0.1) is 6.10 Å². The van der Waals surface area contributed by atoms with E-state index in [1.807, 2.05) is 19.1 Å². The molecule has 5 heteroatoms. The Balaban J connectivity index is 2.46. The average Bonchev–Trinajstić information content (AvgIpc) is 2.82. The molecule has 0 aromatic heterocycles. The summed E-state index contributed by atoms with van der Waals surface area (Å²) in [5.74, 6) is 4.06. The summed E-state index contributed by atoms with van der Waals surface area (Å²) in [6.45, 7) is 2.00. The second-order valence-electron chi connectivity index (χ2n) is 6.51. The Bertz CT molecular complexity index is 552. The molecule has 1 saturated carbocycles. The molecule has 0 bridgehead atoms. The smallest absolute Gasteiger partial charge is 0.303 e. The molecule has 25 heavy (non-hydrogen) atoms. The summed E-state index contributed by atoms with van der Waals surface area (Å²) in [5, 5.41) is 18.7. The highest BCUT2D eigenvalue weighted by Gasteiger charge is 2.40. The number of carboxylic acids is 1. The van der Waals surface area contributed by atoms with Crippen molar-refractivity contribution in [3.8, 4) is 11.8 Å². The van der Waals surface area contributed by atoms with Crippen molar-refractivity contribution in [3.63, 3.8) is 0 Å². The number of carboxylic acid groups (broad SMARTS) is 1. The van der Waals surface area contributed by atoms with Gasteiger partial charge >= 0.3 is 5.97 Å². The standard InChI is InChI=1S/C20H28O5/c1-2-3-6-9-15(21)12-13-17-16(18(22)14-19(17)23)10-7-4-5-8-11-20(24)25/h4,7,16-17,19,23H,2-3,5,8,10-14H2,1H3,(H,24,25)/t16-,17-,19-/m1/s1. The summed E-state index contributed by atoms with van der Waals surface area (Å²) in [6, 6.07) is 0. The van der Waals surface area contributed by atoms with Crippen molar-refractivity contribution in [3.05, 3.63) is 12.2 Å². The minimum atomic E-state index is -0.811. The lowest BCUT2D eigenvalue weighted by Crippen LogP contribution is -2.21. The fourth-order valence-electron chi connectivity index (χ4n) is 3.09. The Hall–Kier alpha value is -1.93. The molecule has 0 aliphatic heterocycles. The molecule has 2 N–H and O–H groups in total. The number of allylic oxidation sites excluding steroid dienone is 2. The van der Waals surface area contributed by atoms with E-state index in [9.17, 15) is 19.5 Å². The molecule has 3 atom stereocenters. The van der Waals surface area contributed by atoms with Gasteiger partial charge in [-0.3, -0.25) is 14.4 Å². The summed E-state index contributed by atoms with van der Waals surface area (Å²) in [6.07, 6.45) is 7.49. The Morgan fingerprint density at radius 3 is 2.72 bits per heavy atom. The number of carbonyl (C=O) groups is 3. The highest BCUT2D eigenvalue weighted by Crippen LogP contribution is 2.35. The first-order valence-corrected chi connectivity index (χ1v) is 9.05. The van der Waals surface area contributed by atoms with E-state index in [1.54, 1.807) is 0 Å². The van der Waals surface area contributed by atoms with Gasteiger partial charge in [-0.15, -0.1) is 0 Å². The lowest BCUT2D eigenvalue weighted by molar-refractivity contribution is -0.137. The van der Waals surface area contributed by atoms with E-state index in [2.05, 4.69) is 11.8 Å². The van der Waals surface area contributed by atoms with Crippen molar-refractivity contribution in [2.75, 3.05) is 0 Å². The van der Waals surface area contributed by atoms with Crippen LogP contribution in [0.2, 0.25) is 0 Å². The molecule has 1 rings (SSSR count). The van der Waals surface area contributed by atoms with Crippen molar-refractivity contribution < 1.29 is 24.6 Å². The molecule has 0 aromatic rings. The molecule has 1 aliphatic carbocycles. The number of hydrogen-bond acceptors (Lipinski definition) is 4. The molecular weight excluding hydrogens is 320 g/mol. The van der Waals surface area contributed by atoms with E-state index in [-0.39, 0.29) is 42.7 Å². The van der Waals surface area contributed by atoms with Gasteiger partial charge in [-0.25, -0.2) is 0 Å². The lowest BCUT2D eigenvalue weighted by atomic mass is 9.87. The monoisotopic (exact) mass is 348 g/mol. The normalized spacial score (nSPS) is 22.8. The summed E-state index contributed by atoms with van der Waals surface area (Å²) < 4.78 is 0. The quantitative estimate of drug-likeness (QED) is 0.274. The first-order valence-electron chi connectivity index (χ1n) is 9.05. The Kier molecular flexibility index (Phi) is 9.79. The van der Waals surface area contributed by atoms with Crippen molar-refractivity contribution in [2.24, 2.45) is 11.8 Å². The van der Waals surface area contributed by atoms with Gasteiger partial charge in [-0.1, -0.05) is 25.0 Å². The summed E-state index contributed by atoms with van der Waals surface area (Å²) in [5.41, 5.74) is 0. The predicted octanol–water partition coefficient (Wildman–Crippen LogP) is 2.91. The molecular formula is C20H28O5. The number of ketones is 2. The van der Waals surface area contributed by atoms with Crippen LogP contribution >= 0.6 is 0 Å². The topological polar surface area (TPSA) is 91.7 Å². The third kappa shape index (κ3) is 8.13. The largest absolute Gasteiger partial charge is 0.481 e. The van der Waals surface area contributed by atoms with Crippen LogP contribution in [0, 0.1) is 23.7 Å². The number of Topliss-reactive ketones (excluding diaryl/α,β-unsaturated/α-hetero) is 2. The van der Waals surface area contributed by atoms with Crippen LogP contribution < -0.4 is 0 Å². The van der Waals surface area contributed by atoms with Crippen molar-refractivity contribution in [2.45, 2.75) is 70.8 Å². The van der Waals surface area contributed by atoms with E-state index in [4.69, 9.17) is 5.11 Å². The highest BCUT2D eigenvalue weighted by molar-refractivity contribution is 5.95. The number of aliphatic hydroxyl groups excluding tert-OH is 1. The minimum Gasteiger partial charge on any atom is -0.481 e. The summed E-state index contributed by atoms with van der Waals surface area (Å²) in [7, 11) is 0. The van der Waals surface area contributed by atoms with E-state index >= 15 is 0 Å². The zero-order chi connectivity index (χ0) is 18.7. The number of rotatable bonds is 10. The van der Waals surface area contributed by atoms with Crippen LogP contribution in [0.25, 0.3) is 0 Å². The lowest BCUT2D eigenvalue weighted by Gasteiger charge is -2.19. The molecule has 0 saturated heterocycles. The van der Waals surface area contributed by atoms with Crippen LogP contribution in [0.4, 0.5) is 0 Å². The number of aliphatic carboxylic acids is 1. The fourth-order valence-corrected chi connectivity index (χ4v) is 3.09. The first kappa shape index (κ1) is 21.1. The van der Waals surface area contributed by atoms with Crippen LogP contribution in [0.1, 0.15) is 64.7 Å². The van der Waals surface area contributed by atoms with E-state index in [1.165, 1.54) is 0 Å². The van der Waals surface area contributed by atoms with E-state index in [0.717, 1.165) is 6.42 Å². The van der Waals surface area contributed by atoms with Crippen LogP contribution in [0.5, 0.6) is 0 Å². The van der Waals surface area contributed by atoms with Crippen molar-refractivity contribution >= 4 is 17.5 Å².